The minimum Gasteiger partial charge on any atom is -0.482 e. The summed E-state index contributed by atoms with van der Waals surface area (Å²) >= 11 is 2.20. The zero-order chi connectivity index (χ0) is 20.1. The van der Waals surface area contributed by atoms with Gasteiger partial charge in [0.1, 0.15) is 23.2 Å². The number of esters is 1. The van der Waals surface area contributed by atoms with Gasteiger partial charge < -0.3 is 20.1 Å². The maximum absolute atomic E-state index is 12.3. The molecular formula is C20H16IN3O4. The van der Waals surface area contributed by atoms with Gasteiger partial charge in [-0.15, -0.1) is 0 Å². The van der Waals surface area contributed by atoms with Crippen LogP contribution >= 0.6 is 22.6 Å². The third kappa shape index (κ3) is 4.61. The van der Waals surface area contributed by atoms with Crippen LogP contribution in [0.1, 0.15) is 5.56 Å². The number of para-hydroxylation sites is 2. The summed E-state index contributed by atoms with van der Waals surface area (Å²) in [6, 6.07) is 14.6. The molecule has 7 nitrogen and oxygen atoms in total. The molecule has 0 fully saturated rings. The van der Waals surface area contributed by atoms with Crippen molar-refractivity contribution in [3.8, 4) is 11.8 Å². The number of nitriles is 1. The zero-order valence-corrected chi connectivity index (χ0v) is 17.1. The molecule has 1 aliphatic rings. The number of nitrogens with one attached hydrogen (secondary N) is 2. The second-order valence-corrected chi connectivity index (χ2v) is 7.10. The molecule has 0 bridgehead atoms. The predicted molar refractivity (Wildman–Crippen MR) is 112 cm³/mol. The lowest BCUT2D eigenvalue weighted by atomic mass is 10.2. The quantitative estimate of drug-likeness (QED) is 0.278. The van der Waals surface area contributed by atoms with E-state index in [4.69, 9.17) is 9.47 Å². The van der Waals surface area contributed by atoms with Crippen LogP contribution in [0.5, 0.6) is 5.75 Å². The summed E-state index contributed by atoms with van der Waals surface area (Å²) in [5.74, 6) is -0.486. The standard InChI is InChI=1S/C20H16IN3O4/c1-12-8-13(6-7-15(12)21)27-11-19(26)28-10-18(25)14(9-22)20-23-16-4-2-3-5-17(16)24-20/h2-8,23-24H,10-11H2,1H3. The molecule has 2 aromatic rings. The lowest BCUT2D eigenvalue weighted by Gasteiger charge is -2.08. The van der Waals surface area contributed by atoms with Crippen LogP contribution in [0.4, 0.5) is 11.4 Å². The fourth-order valence-corrected chi connectivity index (χ4v) is 2.83. The molecule has 8 heteroatoms. The normalized spacial score (nSPS) is 11.5. The third-order valence-electron chi connectivity index (χ3n) is 3.94. The van der Waals surface area contributed by atoms with Crippen molar-refractivity contribution in [3.63, 3.8) is 0 Å². The fraction of sp³-hybridized carbons (Fsp3) is 0.150. The first kappa shape index (κ1) is 19.7. The number of benzene rings is 2. The van der Waals surface area contributed by atoms with E-state index in [1.54, 1.807) is 6.07 Å². The Morgan fingerprint density at radius 3 is 2.39 bits per heavy atom. The lowest BCUT2D eigenvalue weighted by molar-refractivity contribution is -0.149. The number of aryl methyl sites for hydroxylation is 1. The second kappa shape index (κ2) is 8.75. The monoisotopic (exact) mass is 489 g/mol. The Kier molecular flexibility index (Phi) is 6.16. The third-order valence-corrected chi connectivity index (χ3v) is 5.15. The number of nitrogens with zero attached hydrogens (tertiary/aromatic N) is 1. The molecule has 142 valence electrons. The van der Waals surface area contributed by atoms with E-state index in [1.165, 1.54) is 0 Å². The van der Waals surface area contributed by atoms with Gasteiger partial charge in [0.15, 0.2) is 13.2 Å². The Bertz CT molecular complexity index is 984. The van der Waals surface area contributed by atoms with Crippen LogP contribution < -0.4 is 15.4 Å². The minimum absolute atomic E-state index is 0.141. The van der Waals surface area contributed by atoms with Crippen LogP contribution in [0.25, 0.3) is 0 Å². The van der Waals surface area contributed by atoms with Gasteiger partial charge in [-0.05, 0) is 65.4 Å². The van der Waals surface area contributed by atoms with E-state index in [2.05, 4.69) is 33.2 Å². The van der Waals surface area contributed by atoms with Crippen molar-refractivity contribution in [1.82, 2.24) is 0 Å². The van der Waals surface area contributed by atoms with E-state index >= 15 is 0 Å². The molecule has 0 aromatic heterocycles. The average Bonchev–Trinajstić information content (AvgIpc) is 3.11. The Balaban J connectivity index is 1.54. The first-order valence-corrected chi connectivity index (χ1v) is 9.41. The van der Waals surface area contributed by atoms with Crippen molar-refractivity contribution >= 4 is 45.7 Å². The maximum Gasteiger partial charge on any atom is 0.344 e. The fourth-order valence-electron chi connectivity index (χ4n) is 2.49. The summed E-state index contributed by atoms with van der Waals surface area (Å²) in [6.45, 7) is 1.07. The van der Waals surface area contributed by atoms with Gasteiger partial charge in [0, 0.05) is 3.57 Å². The van der Waals surface area contributed by atoms with Gasteiger partial charge >= 0.3 is 5.97 Å². The topological polar surface area (TPSA) is 100 Å². The molecule has 0 spiro atoms. The molecule has 2 aromatic carbocycles. The number of hydrogen-bond donors (Lipinski definition) is 2. The van der Waals surface area contributed by atoms with Gasteiger partial charge in [-0.25, -0.2) is 4.79 Å². The van der Waals surface area contributed by atoms with Gasteiger partial charge in [-0.2, -0.15) is 5.26 Å². The SMILES string of the molecule is Cc1cc(OCC(=O)OCC(=O)C(C#N)=C2Nc3ccccc3N2)ccc1I. The van der Waals surface area contributed by atoms with Crippen molar-refractivity contribution in [2.75, 3.05) is 23.8 Å². The van der Waals surface area contributed by atoms with Crippen LogP contribution in [0.2, 0.25) is 0 Å². The van der Waals surface area contributed by atoms with Gasteiger partial charge in [-0.1, -0.05) is 12.1 Å². The van der Waals surface area contributed by atoms with Crippen LogP contribution in [-0.2, 0) is 14.3 Å². The Labute approximate surface area is 175 Å². The Hall–Kier alpha value is -3.06. The van der Waals surface area contributed by atoms with Crippen LogP contribution in [0.15, 0.2) is 53.9 Å². The van der Waals surface area contributed by atoms with Crippen molar-refractivity contribution in [2.45, 2.75) is 6.92 Å². The maximum atomic E-state index is 12.3. The van der Waals surface area contributed by atoms with Gasteiger partial charge in [0.25, 0.3) is 0 Å². The van der Waals surface area contributed by atoms with Gasteiger partial charge in [0.05, 0.1) is 11.4 Å². The lowest BCUT2D eigenvalue weighted by Crippen LogP contribution is -2.22. The van der Waals surface area contributed by atoms with Crippen molar-refractivity contribution in [1.29, 1.82) is 5.26 Å². The molecule has 1 aliphatic heterocycles. The van der Waals surface area contributed by atoms with Crippen LogP contribution in [0, 0.1) is 21.8 Å². The predicted octanol–water partition coefficient (Wildman–Crippen LogP) is 3.36. The van der Waals surface area contributed by atoms with E-state index < -0.39 is 18.4 Å². The van der Waals surface area contributed by atoms with Gasteiger partial charge in [-0.3, -0.25) is 4.79 Å². The number of ether oxygens (including phenoxy) is 2. The van der Waals surface area contributed by atoms with E-state index in [0.717, 1.165) is 20.5 Å². The molecule has 0 aliphatic carbocycles. The number of fused-ring (bicyclic) bond motifs is 1. The summed E-state index contributed by atoms with van der Waals surface area (Å²) in [7, 11) is 0. The number of carbonyl (C=O) groups excluding carboxylic acids is 2. The number of ketones is 1. The van der Waals surface area contributed by atoms with Crippen LogP contribution in [-0.4, -0.2) is 25.0 Å². The van der Waals surface area contributed by atoms with Gasteiger partial charge in [0.2, 0.25) is 5.78 Å². The molecule has 0 amide bonds. The minimum atomic E-state index is -0.692. The molecule has 2 N–H and O–H groups in total. The molecule has 0 radical (unpaired) electrons. The molecule has 0 saturated heterocycles. The Morgan fingerprint density at radius 1 is 1.11 bits per heavy atom. The molecule has 0 unspecified atom stereocenters. The van der Waals surface area contributed by atoms with E-state index in [1.807, 2.05) is 49.4 Å². The smallest absolute Gasteiger partial charge is 0.344 e. The van der Waals surface area contributed by atoms with E-state index in [9.17, 15) is 14.9 Å². The highest BCUT2D eigenvalue weighted by atomic mass is 127. The highest BCUT2D eigenvalue weighted by Gasteiger charge is 2.22. The van der Waals surface area contributed by atoms with Crippen molar-refractivity contribution in [2.24, 2.45) is 0 Å². The van der Waals surface area contributed by atoms with Crippen molar-refractivity contribution in [3.05, 3.63) is 63.0 Å². The van der Waals surface area contributed by atoms with E-state index in [0.29, 0.717) is 5.75 Å². The summed E-state index contributed by atoms with van der Waals surface area (Å²) < 4.78 is 11.4. The zero-order valence-electron chi connectivity index (χ0n) is 14.9. The Morgan fingerprint density at radius 2 is 1.79 bits per heavy atom. The number of halogens is 1. The number of carbonyl (C=O) groups is 2. The molecule has 3 rings (SSSR count). The highest BCUT2D eigenvalue weighted by molar-refractivity contribution is 14.1. The molecule has 28 heavy (non-hydrogen) atoms. The summed E-state index contributed by atoms with van der Waals surface area (Å²) in [4.78, 5) is 24.1. The first-order chi connectivity index (χ1) is 13.5. The van der Waals surface area contributed by atoms with Crippen LogP contribution in [0.3, 0.4) is 0 Å². The molecule has 0 saturated carbocycles. The number of hydrogen-bond acceptors (Lipinski definition) is 7. The summed E-state index contributed by atoms with van der Waals surface area (Å²) in [5.41, 5.74) is 2.41. The largest absolute Gasteiger partial charge is 0.482 e. The second-order valence-electron chi connectivity index (χ2n) is 5.94. The summed E-state index contributed by atoms with van der Waals surface area (Å²) in [5, 5.41) is 15.3. The molecule has 0 atom stereocenters. The molecular weight excluding hydrogens is 473 g/mol. The number of Topliss-reactive ketones (excluding diaryl/α,β-unsaturated/α-hetero) is 1. The number of rotatable bonds is 6. The molecule has 1 heterocycles. The first-order valence-electron chi connectivity index (χ1n) is 8.33. The average molecular weight is 489 g/mol. The van der Waals surface area contributed by atoms with Crippen molar-refractivity contribution < 1.29 is 19.1 Å². The van der Waals surface area contributed by atoms with E-state index in [-0.39, 0.29) is 18.0 Å². The highest BCUT2D eigenvalue weighted by Crippen LogP contribution is 2.31. The summed E-state index contributed by atoms with van der Waals surface area (Å²) in [6.07, 6.45) is 0. The number of anilines is 2.